The van der Waals surface area contributed by atoms with Gasteiger partial charge in [-0.1, -0.05) is 6.07 Å². The molecular weight excluding hydrogens is 182 g/mol. The molecule has 0 aliphatic carbocycles. The second-order valence-electron chi connectivity index (χ2n) is 2.83. The van der Waals surface area contributed by atoms with Crippen LogP contribution < -0.4 is 0 Å². The lowest BCUT2D eigenvalue weighted by Gasteiger charge is -2.06. The first-order valence-electron chi connectivity index (χ1n) is 4.20. The average Bonchev–Trinajstić information content (AvgIpc) is 2.26. The van der Waals surface area contributed by atoms with E-state index in [0.717, 1.165) is 5.56 Å². The quantitative estimate of drug-likeness (QED) is 0.399. The fourth-order valence-electron chi connectivity index (χ4n) is 1.11. The molecule has 1 aromatic rings. The molecule has 1 atom stereocenters. The van der Waals surface area contributed by atoms with Gasteiger partial charge < -0.3 is 9.53 Å². The van der Waals surface area contributed by atoms with Crippen LogP contribution in [-0.4, -0.2) is 24.3 Å². The Morgan fingerprint density at radius 1 is 1.71 bits per heavy atom. The lowest BCUT2D eigenvalue weighted by Crippen LogP contribution is -2.19. The number of aromatic nitrogens is 1. The van der Waals surface area contributed by atoms with Gasteiger partial charge in [-0.3, -0.25) is 9.78 Å². The maximum atomic E-state index is 11.1. The number of nitrogens with zero attached hydrogens (tertiary/aromatic N) is 1. The van der Waals surface area contributed by atoms with Crippen molar-refractivity contribution in [3.63, 3.8) is 0 Å². The van der Waals surface area contributed by atoms with Crippen LogP contribution in [0.25, 0.3) is 0 Å². The summed E-state index contributed by atoms with van der Waals surface area (Å²) in [5.41, 5.74) is 0.843. The largest absolute Gasteiger partial charge is 0.468 e. The van der Waals surface area contributed by atoms with Gasteiger partial charge in [-0.2, -0.15) is 0 Å². The molecule has 0 aliphatic heterocycles. The Kier molecular flexibility index (Phi) is 3.79. The number of aldehydes is 1. The molecule has 0 radical (unpaired) electrons. The maximum Gasteiger partial charge on any atom is 0.316 e. The van der Waals surface area contributed by atoms with Gasteiger partial charge >= 0.3 is 5.97 Å². The Bertz CT molecular complexity index is 310. The minimum Gasteiger partial charge on any atom is -0.468 e. The molecule has 1 aromatic heterocycles. The van der Waals surface area contributed by atoms with Gasteiger partial charge in [-0.25, -0.2) is 0 Å². The molecule has 1 unspecified atom stereocenters. The third-order valence-corrected chi connectivity index (χ3v) is 1.85. The van der Waals surface area contributed by atoms with Crippen molar-refractivity contribution in [2.75, 3.05) is 7.11 Å². The van der Waals surface area contributed by atoms with Crippen LogP contribution in [0.4, 0.5) is 0 Å². The van der Waals surface area contributed by atoms with E-state index >= 15 is 0 Å². The zero-order chi connectivity index (χ0) is 10.4. The van der Waals surface area contributed by atoms with E-state index in [9.17, 15) is 9.59 Å². The molecule has 0 bridgehead atoms. The molecule has 1 heterocycles. The van der Waals surface area contributed by atoms with Crippen molar-refractivity contribution in [2.24, 2.45) is 5.92 Å². The highest BCUT2D eigenvalue weighted by Gasteiger charge is 2.18. The van der Waals surface area contributed by atoms with Crippen LogP contribution in [0.1, 0.15) is 5.56 Å². The number of pyridine rings is 1. The van der Waals surface area contributed by atoms with Gasteiger partial charge in [-0.15, -0.1) is 0 Å². The Balaban J connectivity index is 2.66. The van der Waals surface area contributed by atoms with Crippen LogP contribution in [0.2, 0.25) is 0 Å². The van der Waals surface area contributed by atoms with Crippen molar-refractivity contribution in [3.8, 4) is 0 Å². The molecule has 0 saturated carbocycles. The average molecular weight is 193 g/mol. The van der Waals surface area contributed by atoms with Crippen LogP contribution in [0.15, 0.2) is 24.5 Å². The maximum absolute atomic E-state index is 11.1. The van der Waals surface area contributed by atoms with Gasteiger partial charge in [0, 0.05) is 12.4 Å². The van der Waals surface area contributed by atoms with Gasteiger partial charge in [0.1, 0.15) is 12.2 Å². The number of hydrogen-bond acceptors (Lipinski definition) is 4. The third-order valence-electron chi connectivity index (χ3n) is 1.85. The van der Waals surface area contributed by atoms with Crippen molar-refractivity contribution < 1.29 is 14.3 Å². The van der Waals surface area contributed by atoms with E-state index in [0.29, 0.717) is 12.7 Å². The lowest BCUT2D eigenvalue weighted by atomic mass is 10.0. The summed E-state index contributed by atoms with van der Waals surface area (Å²) >= 11 is 0. The van der Waals surface area contributed by atoms with Crippen molar-refractivity contribution in [1.29, 1.82) is 0 Å². The highest BCUT2D eigenvalue weighted by atomic mass is 16.5. The predicted octanol–water partition coefficient (Wildman–Crippen LogP) is 0.612. The van der Waals surface area contributed by atoms with Gasteiger partial charge in [-0.05, 0) is 18.1 Å². The fraction of sp³-hybridized carbons (Fsp3) is 0.300. The van der Waals surface area contributed by atoms with E-state index in [1.165, 1.54) is 7.11 Å². The van der Waals surface area contributed by atoms with E-state index in [-0.39, 0.29) is 0 Å². The molecule has 1 rings (SSSR count). The van der Waals surface area contributed by atoms with Gasteiger partial charge in [0.2, 0.25) is 0 Å². The number of carbonyl (C=O) groups excluding carboxylic acids is 2. The normalized spacial score (nSPS) is 11.8. The second kappa shape index (κ2) is 5.11. The first-order chi connectivity index (χ1) is 6.77. The number of carbonyl (C=O) groups is 2. The summed E-state index contributed by atoms with van der Waals surface area (Å²) in [6.45, 7) is 0. The van der Waals surface area contributed by atoms with E-state index in [1.807, 2.05) is 6.07 Å². The summed E-state index contributed by atoms with van der Waals surface area (Å²) in [5.74, 6) is -1.24. The van der Waals surface area contributed by atoms with Crippen LogP contribution in [0.5, 0.6) is 0 Å². The number of hydrogen-bond donors (Lipinski definition) is 0. The van der Waals surface area contributed by atoms with Crippen LogP contribution >= 0.6 is 0 Å². The van der Waals surface area contributed by atoms with Crippen molar-refractivity contribution in [2.45, 2.75) is 6.42 Å². The molecule has 0 N–H and O–H groups in total. The molecule has 4 nitrogen and oxygen atoms in total. The molecule has 0 saturated heterocycles. The molecule has 4 heteroatoms. The highest BCUT2D eigenvalue weighted by Crippen LogP contribution is 2.06. The molecule has 0 aromatic carbocycles. The van der Waals surface area contributed by atoms with Gasteiger partial charge in [0.25, 0.3) is 0 Å². The lowest BCUT2D eigenvalue weighted by molar-refractivity contribution is -0.146. The Hall–Kier alpha value is -1.71. The van der Waals surface area contributed by atoms with Crippen LogP contribution in [-0.2, 0) is 20.7 Å². The number of rotatable bonds is 4. The first-order valence-corrected chi connectivity index (χ1v) is 4.20. The van der Waals surface area contributed by atoms with Crippen molar-refractivity contribution in [1.82, 2.24) is 4.98 Å². The summed E-state index contributed by atoms with van der Waals surface area (Å²) in [7, 11) is 1.27. The van der Waals surface area contributed by atoms with Gasteiger partial charge in [0.05, 0.1) is 7.11 Å². The second-order valence-corrected chi connectivity index (χ2v) is 2.83. The van der Waals surface area contributed by atoms with Crippen LogP contribution in [0.3, 0.4) is 0 Å². The standard InChI is InChI=1S/C10H11NO3/c1-14-10(13)9(7-12)5-8-3-2-4-11-6-8/h2-4,6-7,9H,5H2,1H3. The van der Waals surface area contributed by atoms with Crippen molar-refractivity contribution >= 4 is 12.3 Å². The Morgan fingerprint density at radius 2 is 2.50 bits per heavy atom. The predicted molar refractivity (Wildman–Crippen MR) is 49.5 cm³/mol. The Morgan fingerprint density at radius 3 is 3.00 bits per heavy atom. The van der Waals surface area contributed by atoms with E-state index in [1.54, 1.807) is 18.5 Å². The van der Waals surface area contributed by atoms with E-state index < -0.39 is 11.9 Å². The summed E-state index contributed by atoms with van der Waals surface area (Å²) in [6, 6.07) is 3.57. The molecule has 0 aliphatic rings. The molecule has 14 heavy (non-hydrogen) atoms. The van der Waals surface area contributed by atoms with E-state index in [2.05, 4.69) is 9.72 Å². The third kappa shape index (κ3) is 2.65. The molecule has 74 valence electrons. The van der Waals surface area contributed by atoms with Crippen LogP contribution in [0, 0.1) is 5.92 Å². The van der Waals surface area contributed by atoms with Crippen molar-refractivity contribution in [3.05, 3.63) is 30.1 Å². The minimum atomic E-state index is -0.732. The highest BCUT2D eigenvalue weighted by molar-refractivity contribution is 5.87. The topological polar surface area (TPSA) is 56.3 Å². The molecule has 0 fully saturated rings. The SMILES string of the molecule is COC(=O)C(C=O)Cc1cccnc1. The summed E-state index contributed by atoms with van der Waals surface area (Å²) < 4.78 is 4.48. The summed E-state index contributed by atoms with van der Waals surface area (Å²) in [5, 5.41) is 0. The van der Waals surface area contributed by atoms with Gasteiger partial charge in [0.15, 0.2) is 0 Å². The first kappa shape index (κ1) is 10.4. The monoisotopic (exact) mass is 193 g/mol. The minimum absolute atomic E-state index is 0.337. The smallest absolute Gasteiger partial charge is 0.316 e. The Labute approximate surface area is 81.9 Å². The fourth-order valence-corrected chi connectivity index (χ4v) is 1.11. The molecule has 0 amide bonds. The number of esters is 1. The number of ether oxygens (including phenoxy) is 1. The molecule has 0 spiro atoms. The summed E-state index contributed by atoms with van der Waals surface area (Å²) in [6.07, 6.45) is 4.19. The van der Waals surface area contributed by atoms with E-state index in [4.69, 9.17) is 0 Å². The summed E-state index contributed by atoms with van der Waals surface area (Å²) in [4.78, 5) is 25.6. The zero-order valence-electron chi connectivity index (χ0n) is 7.84. The zero-order valence-corrected chi connectivity index (χ0v) is 7.84. The molecular formula is C10H11NO3. The number of methoxy groups -OCH3 is 1.